The standard InChI is InChI=1S/C32H34BrN5O3S/c1-5-15-42-32-36-31-34-21(4)28(30(39)35-25-12-7-9-20(3)16-25)29(38(31)37-32)23-13-14-26(27(18-23)40-6-2)41-19-22-10-8-11-24(33)17-22/h7-14,16-18,29H,5-6,15,19H2,1-4H3,(H,35,39)(H,34,36,37). The van der Waals surface area contributed by atoms with Crippen LogP contribution in [0.1, 0.15) is 49.9 Å². The van der Waals surface area contributed by atoms with Gasteiger partial charge in [-0.3, -0.25) is 4.79 Å². The summed E-state index contributed by atoms with van der Waals surface area (Å²) in [5, 5.41) is 11.9. The summed E-state index contributed by atoms with van der Waals surface area (Å²) in [7, 11) is 0. The molecule has 0 aliphatic carbocycles. The molecule has 1 aliphatic heterocycles. The molecule has 4 aromatic rings. The van der Waals surface area contributed by atoms with Crippen LogP contribution in [0.25, 0.3) is 0 Å². The maximum atomic E-state index is 13.9. The number of hydrogen-bond donors (Lipinski definition) is 2. The van der Waals surface area contributed by atoms with E-state index in [4.69, 9.17) is 19.6 Å². The topological polar surface area (TPSA) is 90.3 Å². The number of ether oxygens (including phenoxy) is 2. The fourth-order valence-electron chi connectivity index (χ4n) is 4.78. The van der Waals surface area contributed by atoms with Crippen LogP contribution in [0.5, 0.6) is 11.5 Å². The van der Waals surface area contributed by atoms with Crippen molar-refractivity contribution in [1.82, 2.24) is 14.8 Å². The number of nitrogens with one attached hydrogen (secondary N) is 2. The molecule has 218 valence electrons. The van der Waals surface area contributed by atoms with Gasteiger partial charge in [0.05, 0.1) is 12.2 Å². The third kappa shape index (κ3) is 6.82. The summed E-state index contributed by atoms with van der Waals surface area (Å²) in [4.78, 5) is 18.6. The number of nitrogens with zero attached hydrogens (tertiary/aromatic N) is 3. The van der Waals surface area contributed by atoms with E-state index >= 15 is 0 Å². The number of benzene rings is 3. The Hall–Kier alpha value is -3.76. The van der Waals surface area contributed by atoms with Gasteiger partial charge in [-0.2, -0.15) is 4.98 Å². The van der Waals surface area contributed by atoms with Crippen molar-refractivity contribution in [1.29, 1.82) is 0 Å². The van der Waals surface area contributed by atoms with E-state index in [0.717, 1.165) is 39.0 Å². The van der Waals surface area contributed by atoms with E-state index in [-0.39, 0.29) is 5.91 Å². The van der Waals surface area contributed by atoms with Crippen molar-refractivity contribution in [3.63, 3.8) is 0 Å². The predicted octanol–water partition coefficient (Wildman–Crippen LogP) is 7.76. The molecule has 1 aromatic heterocycles. The zero-order chi connectivity index (χ0) is 29.6. The van der Waals surface area contributed by atoms with Crippen LogP contribution in [0, 0.1) is 6.92 Å². The summed E-state index contributed by atoms with van der Waals surface area (Å²) in [5.74, 6) is 2.50. The maximum Gasteiger partial charge on any atom is 0.255 e. The SMILES string of the molecule is CCCSc1nc2n(n1)C(c1ccc(OCc3cccc(Br)c3)c(OCC)c1)C(C(=O)Nc1cccc(C)c1)=C(C)N2. The van der Waals surface area contributed by atoms with E-state index in [2.05, 4.69) is 33.5 Å². The summed E-state index contributed by atoms with van der Waals surface area (Å²) in [6.45, 7) is 8.81. The lowest BCUT2D eigenvalue weighted by Crippen LogP contribution is -2.31. The van der Waals surface area contributed by atoms with Crippen LogP contribution in [-0.4, -0.2) is 33.0 Å². The van der Waals surface area contributed by atoms with Crippen molar-refractivity contribution in [2.24, 2.45) is 0 Å². The second kappa shape index (κ2) is 13.5. The number of carbonyl (C=O) groups excluding carboxylic acids is 1. The van der Waals surface area contributed by atoms with Gasteiger partial charge >= 0.3 is 0 Å². The van der Waals surface area contributed by atoms with Gasteiger partial charge in [-0.1, -0.05) is 64.9 Å². The number of aryl methyl sites for hydroxylation is 1. The first-order chi connectivity index (χ1) is 20.4. The second-order valence-electron chi connectivity index (χ2n) is 9.96. The Morgan fingerprint density at radius 3 is 2.64 bits per heavy atom. The summed E-state index contributed by atoms with van der Waals surface area (Å²) < 4.78 is 15.0. The Balaban J connectivity index is 1.53. The van der Waals surface area contributed by atoms with Crippen LogP contribution in [0.15, 0.2) is 87.6 Å². The smallest absolute Gasteiger partial charge is 0.255 e. The van der Waals surface area contributed by atoms with E-state index in [1.54, 1.807) is 16.4 Å². The number of hydrogen-bond acceptors (Lipinski definition) is 7. The maximum absolute atomic E-state index is 13.9. The number of amides is 1. The van der Waals surface area contributed by atoms with Gasteiger partial charge in [-0.25, -0.2) is 4.68 Å². The second-order valence-corrected chi connectivity index (χ2v) is 11.9. The Bertz CT molecular complexity index is 1620. The third-order valence-corrected chi connectivity index (χ3v) is 8.19. The van der Waals surface area contributed by atoms with Crippen LogP contribution in [0.2, 0.25) is 0 Å². The van der Waals surface area contributed by atoms with Gasteiger partial charge < -0.3 is 20.1 Å². The number of fused-ring (bicyclic) bond motifs is 1. The average Bonchev–Trinajstić information content (AvgIpc) is 3.37. The lowest BCUT2D eigenvalue weighted by atomic mass is 9.94. The minimum absolute atomic E-state index is 0.215. The van der Waals surface area contributed by atoms with Crippen molar-refractivity contribution in [3.8, 4) is 11.5 Å². The van der Waals surface area contributed by atoms with Crippen molar-refractivity contribution in [2.75, 3.05) is 23.0 Å². The largest absolute Gasteiger partial charge is 0.490 e. The highest BCUT2D eigenvalue weighted by molar-refractivity contribution is 9.10. The zero-order valence-corrected chi connectivity index (χ0v) is 26.5. The lowest BCUT2D eigenvalue weighted by Gasteiger charge is -2.29. The van der Waals surface area contributed by atoms with Crippen LogP contribution < -0.4 is 20.1 Å². The van der Waals surface area contributed by atoms with Crippen LogP contribution in [0.3, 0.4) is 0 Å². The minimum atomic E-state index is -0.534. The molecule has 8 nitrogen and oxygen atoms in total. The molecule has 2 N–H and O–H groups in total. The highest BCUT2D eigenvalue weighted by Gasteiger charge is 2.35. The van der Waals surface area contributed by atoms with E-state index in [0.29, 0.717) is 47.1 Å². The van der Waals surface area contributed by atoms with Gasteiger partial charge in [0.15, 0.2) is 11.5 Å². The number of rotatable bonds is 11. The number of thioether (sulfide) groups is 1. The number of carbonyl (C=O) groups is 1. The van der Waals surface area contributed by atoms with Gasteiger partial charge in [0.2, 0.25) is 11.1 Å². The molecule has 3 aromatic carbocycles. The first-order valence-electron chi connectivity index (χ1n) is 14.0. The molecule has 1 unspecified atom stereocenters. The van der Waals surface area contributed by atoms with Gasteiger partial charge in [0.1, 0.15) is 12.6 Å². The van der Waals surface area contributed by atoms with Gasteiger partial charge in [-0.05, 0) is 80.3 Å². The number of allylic oxidation sites excluding steroid dienone is 1. The molecule has 0 bridgehead atoms. The number of anilines is 2. The predicted molar refractivity (Wildman–Crippen MR) is 171 cm³/mol. The van der Waals surface area contributed by atoms with Crippen molar-refractivity contribution < 1.29 is 14.3 Å². The molecular formula is C32H34BrN5O3S. The molecule has 10 heteroatoms. The molecular weight excluding hydrogens is 614 g/mol. The molecule has 0 fully saturated rings. The summed E-state index contributed by atoms with van der Waals surface area (Å²) in [6.07, 6.45) is 1.01. The average molecular weight is 649 g/mol. The molecule has 2 heterocycles. The summed E-state index contributed by atoms with van der Waals surface area (Å²) in [6, 6.07) is 21.0. The first kappa shape index (κ1) is 29.7. The highest BCUT2D eigenvalue weighted by atomic mass is 79.9. The van der Waals surface area contributed by atoms with Crippen molar-refractivity contribution in [2.45, 2.75) is 51.9 Å². The molecule has 0 spiro atoms. The highest BCUT2D eigenvalue weighted by Crippen LogP contribution is 2.40. The Morgan fingerprint density at radius 2 is 1.88 bits per heavy atom. The summed E-state index contributed by atoms with van der Waals surface area (Å²) >= 11 is 5.11. The van der Waals surface area contributed by atoms with Crippen LogP contribution in [0.4, 0.5) is 11.6 Å². The molecule has 0 saturated heterocycles. The summed E-state index contributed by atoms with van der Waals surface area (Å²) in [5.41, 5.74) is 4.92. The van der Waals surface area contributed by atoms with Gasteiger partial charge in [-0.15, -0.1) is 5.10 Å². The molecule has 0 saturated carbocycles. The molecule has 42 heavy (non-hydrogen) atoms. The van der Waals surface area contributed by atoms with E-state index in [9.17, 15) is 4.79 Å². The quantitative estimate of drug-likeness (QED) is 0.161. The normalized spacial score (nSPS) is 14.3. The van der Waals surface area contributed by atoms with Gasteiger partial charge in [0, 0.05) is 21.6 Å². The molecule has 1 aliphatic rings. The van der Waals surface area contributed by atoms with Gasteiger partial charge in [0.25, 0.3) is 5.91 Å². The van der Waals surface area contributed by atoms with E-state index in [1.807, 2.05) is 87.5 Å². The molecule has 1 amide bonds. The molecule has 1 atom stereocenters. The van der Waals surface area contributed by atoms with Crippen molar-refractivity contribution >= 4 is 45.2 Å². The Morgan fingerprint density at radius 1 is 1.05 bits per heavy atom. The van der Waals surface area contributed by atoms with Crippen LogP contribution >= 0.6 is 27.7 Å². The number of aromatic nitrogens is 3. The fraction of sp³-hybridized carbons (Fsp3) is 0.281. The van der Waals surface area contributed by atoms with Crippen molar-refractivity contribution in [3.05, 3.63) is 99.2 Å². The molecule has 0 radical (unpaired) electrons. The third-order valence-electron chi connectivity index (χ3n) is 6.66. The Labute approximate surface area is 259 Å². The Kier molecular flexibility index (Phi) is 9.54. The fourth-order valence-corrected chi connectivity index (χ4v) is 5.91. The lowest BCUT2D eigenvalue weighted by molar-refractivity contribution is -0.113. The zero-order valence-electron chi connectivity index (χ0n) is 24.1. The number of halogens is 1. The van der Waals surface area contributed by atoms with E-state index in [1.165, 1.54) is 0 Å². The first-order valence-corrected chi connectivity index (χ1v) is 15.7. The van der Waals surface area contributed by atoms with E-state index < -0.39 is 6.04 Å². The minimum Gasteiger partial charge on any atom is -0.490 e. The van der Waals surface area contributed by atoms with Crippen LogP contribution in [-0.2, 0) is 11.4 Å². The molecule has 5 rings (SSSR count). The monoisotopic (exact) mass is 647 g/mol.